The summed E-state index contributed by atoms with van der Waals surface area (Å²) in [7, 11) is 4.04. The summed E-state index contributed by atoms with van der Waals surface area (Å²) < 4.78 is 9.34. The third-order valence-electron chi connectivity index (χ3n) is 9.34. The lowest BCUT2D eigenvalue weighted by Gasteiger charge is -2.33. The molecule has 0 spiro atoms. The van der Waals surface area contributed by atoms with Crippen LogP contribution in [-0.4, -0.2) is 98.7 Å². The van der Waals surface area contributed by atoms with E-state index in [9.17, 15) is 14.4 Å². The first kappa shape index (κ1) is 28.6. The fourth-order valence-corrected chi connectivity index (χ4v) is 7.28. The highest BCUT2D eigenvalue weighted by Crippen LogP contribution is 2.33. The van der Waals surface area contributed by atoms with Crippen LogP contribution in [0.2, 0.25) is 0 Å². The Hall–Kier alpha value is -4.19. The van der Waals surface area contributed by atoms with E-state index in [4.69, 9.17) is 9.72 Å². The Labute approximate surface area is 255 Å². The molecule has 3 aliphatic heterocycles. The van der Waals surface area contributed by atoms with Crippen LogP contribution in [0.3, 0.4) is 0 Å². The number of hydrogen-bond donors (Lipinski definition) is 1. The van der Waals surface area contributed by atoms with E-state index in [0.717, 1.165) is 37.2 Å². The predicted molar refractivity (Wildman–Crippen MR) is 168 cm³/mol. The van der Waals surface area contributed by atoms with E-state index < -0.39 is 11.5 Å². The zero-order valence-corrected chi connectivity index (χ0v) is 26.0. The minimum Gasteiger partial charge on any atom is -0.444 e. The largest absolute Gasteiger partial charge is 0.444 e. The molecule has 3 aliphatic rings. The number of benzene rings is 1. The van der Waals surface area contributed by atoms with E-state index in [1.165, 1.54) is 0 Å². The lowest BCUT2D eigenvalue weighted by atomic mass is 10.0. The Bertz CT molecular complexity index is 1830. The Balaban J connectivity index is 1.23. The number of imidazole rings is 1. The number of rotatable bonds is 3. The van der Waals surface area contributed by atoms with Crippen LogP contribution in [0, 0.1) is 11.8 Å². The minimum atomic E-state index is -0.570. The molecule has 232 valence electrons. The average Bonchev–Trinajstić information content (AvgIpc) is 3.62. The van der Waals surface area contributed by atoms with E-state index >= 15 is 0 Å². The summed E-state index contributed by atoms with van der Waals surface area (Å²) in [6.07, 6.45) is 2.37. The second-order valence-corrected chi connectivity index (χ2v) is 13.7. The molecule has 0 radical (unpaired) electrons. The number of nitrogens with one attached hydrogen (secondary N) is 1. The van der Waals surface area contributed by atoms with E-state index in [1.54, 1.807) is 11.1 Å². The van der Waals surface area contributed by atoms with Gasteiger partial charge in [-0.2, -0.15) is 4.98 Å². The van der Waals surface area contributed by atoms with Crippen LogP contribution in [0.4, 0.5) is 10.7 Å². The molecule has 6 heterocycles. The van der Waals surface area contributed by atoms with E-state index in [-0.39, 0.29) is 23.1 Å². The molecule has 1 aromatic carbocycles. The Morgan fingerprint density at radius 3 is 2.30 bits per heavy atom. The van der Waals surface area contributed by atoms with Crippen molar-refractivity contribution in [2.45, 2.75) is 45.3 Å². The van der Waals surface area contributed by atoms with E-state index in [1.807, 2.05) is 61.1 Å². The zero-order chi connectivity index (χ0) is 30.9. The first-order chi connectivity index (χ1) is 21.0. The number of likely N-dealkylation sites (tertiary alicyclic amines) is 2. The topological polar surface area (TPSA) is 117 Å². The molecule has 3 fully saturated rings. The number of carbonyl (C=O) groups excluding carboxylic acids is 2. The van der Waals surface area contributed by atoms with Gasteiger partial charge in [-0.25, -0.2) is 9.78 Å². The Morgan fingerprint density at radius 2 is 1.64 bits per heavy atom. The highest BCUT2D eigenvalue weighted by molar-refractivity contribution is 6.05. The SMILES string of the molecule is CN1CC2CN(c3ncc4c(=O)c(C(=O)NC5CCN(C(=O)OC(C)(C)C)CC5)c5n(C)c6ccccc6n5c4n3)CC2C1. The van der Waals surface area contributed by atoms with Gasteiger partial charge in [0.25, 0.3) is 5.91 Å². The molecule has 0 aliphatic carbocycles. The van der Waals surface area contributed by atoms with Gasteiger partial charge >= 0.3 is 6.09 Å². The summed E-state index contributed by atoms with van der Waals surface area (Å²) in [5.74, 6) is 1.35. The van der Waals surface area contributed by atoms with Gasteiger partial charge in [-0.15, -0.1) is 0 Å². The van der Waals surface area contributed by atoms with Crippen molar-refractivity contribution in [2.24, 2.45) is 18.9 Å². The molecule has 44 heavy (non-hydrogen) atoms. The molecular weight excluding hydrogens is 560 g/mol. The Morgan fingerprint density at radius 1 is 0.977 bits per heavy atom. The number of ether oxygens (including phenoxy) is 1. The number of anilines is 1. The van der Waals surface area contributed by atoms with Gasteiger partial charge in [0.2, 0.25) is 11.4 Å². The molecule has 2 unspecified atom stereocenters. The molecular formula is C32H40N8O4. The Kier molecular flexibility index (Phi) is 6.80. The summed E-state index contributed by atoms with van der Waals surface area (Å²) in [6, 6.07) is 7.68. The number of amides is 2. The standard InChI is InChI=1S/C32H40N8O4/c1-32(2,3)44-31(43)38-12-10-21(11-13-38)34-28(42)25-26(41)22-14-33-30(39-17-19-15-36(4)16-20(19)18-39)35-27(22)40-24-9-7-6-8-23(24)37(5)29(25)40/h6-9,14,19-21H,10-13,15-18H2,1-5H3,(H,34,42). The summed E-state index contributed by atoms with van der Waals surface area (Å²) in [5.41, 5.74) is 1.86. The fraction of sp³-hybridized carbons (Fsp3) is 0.531. The molecule has 12 heteroatoms. The lowest BCUT2D eigenvalue weighted by molar-refractivity contribution is 0.0199. The van der Waals surface area contributed by atoms with Gasteiger partial charge < -0.3 is 29.3 Å². The predicted octanol–water partition coefficient (Wildman–Crippen LogP) is 2.86. The molecule has 0 bridgehead atoms. The van der Waals surface area contributed by atoms with Crippen molar-refractivity contribution in [1.82, 2.24) is 34.1 Å². The highest BCUT2D eigenvalue weighted by Gasteiger charge is 2.40. The summed E-state index contributed by atoms with van der Waals surface area (Å²) in [5, 5.41) is 3.41. The van der Waals surface area contributed by atoms with Gasteiger partial charge in [-0.05, 0) is 64.6 Å². The van der Waals surface area contributed by atoms with Crippen molar-refractivity contribution < 1.29 is 14.3 Å². The van der Waals surface area contributed by atoms with Crippen LogP contribution in [0.1, 0.15) is 44.0 Å². The first-order valence-electron chi connectivity index (χ1n) is 15.5. The number of aromatic nitrogens is 4. The van der Waals surface area contributed by atoms with E-state index in [2.05, 4.69) is 27.1 Å². The van der Waals surface area contributed by atoms with Gasteiger partial charge in [0.15, 0.2) is 5.65 Å². The number of pyridine rings is 1. The number of hydrogen-bond acceptors (Lipinski definition) is 8. The maximum absolute atomic E-state index is 14.1. The monoisotopic (exact) mass is 600 g/mol. The number of piperidine rings is 1. The lowest BCUT2D eigenvalue weighted by Crippen LogP contribution is -2.48. The number of nitrogens with zero attached hydrogens (tertiary/aromatic N) is 7. The van der Waals surface area contributed by atoms with Crippen molar-refractivity contribution in [3.63, 3.8) is 0 Å². The summed E-state index contributed by atoms with van der Waals surface area (Å²) in [6.45, 7) is 10.4. The van der Waals surface area contributed by atoms with Crippen LogP contribution in [-0.2, 0) is 11.8 Å². The summed E-state index contributed by atoms with van der Waals surface area (Å²) >= 11 is 0. The van der Waals surface area contributed by atoms with Gasteiger partial charge in [-0.1, -0.05) is 12.1 Å². The number of fused-ring (bicyclic) bond motifs is 6. The van der Waals surface area contributed by atoms with Gasteiger partial charge in [-0.3, -0.25) is 14.0 Å². The molecule has 2 amide bonds. The minimum absolute atomic E-state index is 0.0702. The van der Waals surface area contributed by atoms with Crippen molar-refractivity contribution in [1.29, 1.82) is 0 Å². The molecule has 1 N–H and O–H groups in total. The normalized spacial score (nSPS) is 21.5. The third-order valence-corrected chi connectivity index (χ3v) is 9.34. The van der Waals surface area contributed by atoms with Crippen molar-refractivity contribution in [2.75, 3.05) is 51.2 Å². The first-order valence-corrected chi connectivity index (χ1v) is 15.5. The summed E-state index contributed by atoms with van der Waals surface area (Å²) in [4.78, 5) is 56.5. The number of para-hydroxylation sites is 2. The van der Waals surface area contributed by atoms with Crippen LogP contribution < -0.4 is 15.6 Å². The molecule has 12 nitrogen and oxygen atoms in total. The highest BCUT2D eigenvalue weighted by atomic mass is 16.6. The maximum Gasteiger partial charge on any atom is 0.410 e. The maximum atomic E-state index is 14.1. The number of aryl methyl sites for hydroxylation is 1. The quantitative estimate of drug-likeness (QED) is 0.382. The molecule has 4 aromatic rings. The van der Waals surface area contributed by atoms with Crippen molar-refractivity contribution in [3.8, 4) is 0 Å². The van der Waals surface area contributed by atoms with Crippen LogP contribution in [0.25, 0.3) is 27.7 Å². The second-order valence-electron chi connectivity index (χ2n) is 13.7. The fourth-order valence-electron chi connectivity index (χ4n) is 7.28. The molecule has 0 saturated carbocycles. The van der Waals surface area contributed by atoms with E-state index in [0.29, 0.717) is 60.4 Å². The second kappa shape index (κ2) is 10.5. The zero-order valence-electron chi connectivity index (χ0n) is 26.0. The molecule has 3 aromatic heterocycles. The number of carbonyl (C=O) groups is 2. The smallest absolute Gasteiger partial charge is 0.410 e. The third kappa shape index (κ3) is 4.85. The van der Waals surface area contributed by atoms with Gasteiger partial charge in [0.1, 0.15) is 16.8 Å². The molecule has 2 atom stereocenters. The van der Waals surface area contributed by atoms with Crippen LogP contribution in [0.5, 0.6) is 0 Å². The average molecular weight is 601 g/mol. The van der Waals surface area contributed by atoms with Crippen molar-refractivity contribution >= 4 is 45.7 Å². The molecule has 7 rings (SSSR count). The van der Waals surface area contributed by atoms with Crippen LogP contribution in [0.15, 0.2) is 35.3 Å². The van der Waals surface area contributed by atoms with Gasteiger partial charge in [0.05, 0.1) is 16.4 Å². The molecule has 3 saturated heterocycles. The van der Waals surface area contributed by atoms with Gasteiger partial charge in [0, 0.05) is 58.6 Å². The van der Waals surface area contributed by atoms with Crippen LogP contribution >= 0.6 is 0 Å². The van der Waals surface area contributed by atoms with Crippen molar-refractivity contribution in [3.05, 3.63) is 46.2 Å².